The molecule has 3 N–H and O–H groups in total. The Labute approximate surface area is 130 Å². The summed E-state index contributed by atoms with van der Waals surface area (Å²) in [5.74, 6) is -1.91. The Morgan fingerprint density at radius 2 is 1.68 bits per heavy atom. The maximum Gasteiger partial charge on any atom is 0.323 e. The minimum Gasteiger partial charge on any atom is -0.480 e. The number of aliphatic carboxylic acids is 1. The normalized spacial score (nSPS) is 11.4. The quantitative estimate of drug-likeness (QED) is 0.480. The van der Waals surface area contributed by atoms with Gasteiger partial charge in [0.25, 0.3) is 0 Å². The molecule has 0 saturated heterocycles. The smallest absolute Gasteiger partial charge is 0.323 e. The van der Waals surface area contributed by atoms with Crippen LogP contribution in [0.3, 0.4) is 0 Å². The van der Waals surface area contributed by atoms with Gasteiger partial charge in [-0.25, -0.2) is 0 Å². The monoisotopic (exact) mass is 315 g/mol. The summed E-state index contributed by atoms with van der Waals surface area (Å²) in [5, 5.41) is 13.9. The first-order valence-corrected chi connectivity index (χ1v) is 7.30. The van der Waals surface area contributed by atoms with Gasteiger partial charge >= 0.3 is 5.97 Å². The zero-order valence-corrected chi connectivity index (χ0v) is 13.3. The standard InChI is InChI=1S/C14H25N3O5/c1-4-10(2)17(9-14(21)22)13(20)6-5-12(19)16-8-7-15-11(3)18/h10H,4-9H2,1-3H3,(H,15,18)(H,16,19)(H,21,22). The molecule has 0 aromatic heterocycles. The third-order valence-corrected chi connectivity index (χ3v) is 3.14. The number of nitrogens with one attached hydrogen (secondary N) is 2. The SMILES string of the molecule is CCC(C)N(CC(=O)O)C(=O)CCC(=O)NCCNC(C)=O. The third kappa shape index (κ3) is 8.93. The number of hydrogen-bond donors (Lipinski definition) is 3. The third-order valence-electron chi connectivity index (χ3n) is 3.14. The Kier molecular flexibility index (Phi) is 9.56. The number of carbonyl (C=O) groups is 4. The van der Waals surface area contributed by atoms with Crippen molar-refractivity contribution in [3.05, 3.63) is 0 Å². The van der Waals surface area contributed by atoms with Gasteiger partial charge in [-0.3, -0.25) is 19.2 Å². The van der Waals surface area contributed by atoms with Crippen LogP contribution in [0, 0.1) is 0 Å². The van der Waals surface area contributed by atoms with Crippen molar-refractivity contribution in [1.29, 1.82) is 0 Å². The Hall–Kier alpha value is -2.12. The van der Waals surface area contributed by atoms with Crippen LogP contribution in [0.15, 0.2) is 0 Å². The number of amides is 3. The van der Waals surface area contributed by atoms with E-state index in [1.165, 1.54) is 11.8 Å². The van der Waals surface area contributed by atoms with Gasteiger partial charge in [0.2, 0.25) is 17.7 Å². The molecular formula is C14H25N3O5. The van der Waals surface area contributed by atoms with E-state index in [0.717, 1.165) is 0 Å². The second-order valence-electron chi connectivity index (χ2n) is 5.01. The van der Waals surface area contributed by atoms with Crippen molar-refractivity contribution in [3.63, 3.8) is 0 Å². The van der Waals surface area contributed by atoms with Crippen LogP contribution >= 0.6 is 0 Å². The van der Waals surface area contributed by atoms with E-state index in [4.69, 9.17) is 5.11 Å². The van der Waals surface area contributed by atoms with E-state index in [0.29, 0.717) is 13.0 Å². The Bertz CT molecular complexity index is 411. The molecule has 1 unspecified atom stereocenters. The van der Waals surface area contributed by atoms with Crippen LogP contribution in [-0.2, 0) is 19.2 Å². The molecule has 22 heavy (non-hydrogen) atoms. The molecule has 0 aliphatic carbocycles. The van der Waals surface area contributed by atoms with E-state index in [9.17, 15) is 19.2 Å². The molecule has 8 heteroatoms. The molecule has 0 saturated carbocycles. The Balaban J connectivity index is 4.18. The molecule has 3 amide bonds. The summed E-state index contributed by atoms with van der Waals surface area (Å²) in [6.07, 6.45) is 0.594. The van der Waals surface area contributed by atoms with Gasteiger partial charge in [-0.15, -0.1) is 0 Å². The van der Waals surface area contributed by atoms with Crippen molar-refractivity contribution < 1.29 is 24.3 Å². The Morgan fingerprint density at radius 1 is 1.09 bits per heavy atom. The lowest BCUT2D eigenvalue weighted by Crippen LogP contribution is -2.42. The van der Waals surface area contributed by atoms with Gasteiger partial charge in [0, 0.05) is 38.9 Å². The molecule has 0 aliphatic heterocycles. The van der Waals surface area contributed by atoms with E-state index in [2.05, 4.69) is 10.6 Å². The fourth-order valence-corrected chi connectivity index (χ4v) is 1.75. The average molecular weight is 315 g/mol. The fraction of sp³-hybridized carbons (Fsp3) is 0.714. The first-order valence-electron chi connectivity index (χ1n) is 7.30. The molecule has 0 aromatic carbocycles. The van der Waals surface area contributed by atoms with Gasteiger partial charge in [-0.1, -0.05) is 6.92 Å². The second-order valence-corrected chi connectivity index (χ2v) is 5.01. The minimum absolute atomic E-state index is 0.00847. The molecular weight excluding hydrogens is 290 g/mol. The molecule has 8 nitrogen and oxygen atoms in total. The Morgan fingerprint density at radius 3 is 2.18 bits per heavy atom. The maximum absolute atomic E-state index is 12.0. The van der Waals surface area contributed by atoms with E-state index in [1.807, 2.05) is 6.92 Å². The maximum atomic E-state index is 12.0. The van der Waals surface area contributed by atoms with Gasteiger partial charge in [0.15, 0.2) is 0 Å². The lowest BCUT2D eigenvalue weighted by Gasteiger charge is -2.26. The molecule has 0 aromatic rings. The number of carbonyl (C=O) groups excluding carboxylic acids is 3. The van der Waals surface area contributed by atoms with E-state index in [-0.39, 0.29) is 49.7 Å². The van der Waals surface area contributed by atoms with Crippen LogP contribution in [0.2, 0.25) is 0 Å². The van der Waals surface area contributed by atoms with E-state index < -0.39 is 5.97 Å². The van der Waals surface area contributed by atoms with Crippen molar-refractivity contribution in [3.8, 4) is 0 Å². The van der Waals surface area contributed by atoms with Crippen LogP contribution < -0.4 is 10.6 Å². The van der Waals surface area contributed by atoms with Crippen molar-refractivity contribution in [2.24, 2.45) is 0 Å². The van der Waals surface area contributed by atoms with Crippen LogP contribution in [0.25, 0.3) is 0 Å². The summed E-state index contributed by atoms with van der Waals surface area (Å²) in [7, 11) is 0. The number of rotatable bonds is 10. The summed E-state index contributed by atoms with van der Waals surface area (Å²) in [4.78, 5) is 46.3. The highest BCUT2D eigenvalue weighted by atomic mass is 16.4. The summed E-state index contributed by atoms with van der Waals surface area (Å²) in [6.45, 7) is 5.27. The van der Waals surface area contributed by atoms with Gasteiger partial charge in [0.1, 0.15) is 6.54 Å². The average Bonchev–Trinajstić information content (AvgIpc) is 2.45. The van der Waals surface area contributed by atoms with Crippen molar-refractivity contribution in [1.82, 2.24) is 15.5 Å². The van der Waals surface area contributed by atoms with E-state index in [1.54, 1.807) is 6.92 Å². The minimum atomic E-state index is -1.08. The zero-order chi connectivity index (χ0) is 17.1. The molecule has 0 heterocycles. The van der Waals surface area contributed by atoms with Crippen molar-refractivity contribution in [2.75, 3.05) is 19.6 Å². The number of carboxylic acids is 1. The number of carboxylic acid groups (broad SMARTS) is 1. The molecule has 0 bridgehead atoms. The molecule has 0 rings (SSSR count). The predicted molar refractivity (Wildman–Crippen MR) is 80.0 cm³/mol. The molecule has 126 valence electrons. The highest BCUT2D eigenvalue weighted by Gasteiger charge is 2.21. The highest BCUT2D eigenvalue weighted by Crippen LogP contribution is 2.07. The van der Waals surface area contributed by atoms with Gasteiger partial charge in [-0.05, 0) is 13.3 Å². The lowest BCUT2D eigenvalue weighted by molar-refractivity contribution is -0.146. The van der Waals surface area contributed by atoms with Crippen molar-refractivity contribution >= 4 is 23.7 Å². The van der Waals surface area contributed by atoms with E-state index >= 15 is 0 Å². The molecule has 0 spiro atoms. The zero-order valence-electron chi connectivity index (χ0n) is 13.3. The molecule has 1 atom stereocenters. The van der Waals surface area contributed by atoms with Gasteiger partial charge in [-0.2, -0.15) is 0 Å². The van der Waals surface area contributed by atoms with Crippen LogP contribution in [0.5, 0.6) is 0 Å². The molecule has 0 fully saturated rings. The van der Waals surface area contributed by atoms with Gasteiger partial charge < -0.3 is 20.6 Å². The largest absolute Gasteiger partial charge is 0.480 e. The second kappa shape index (κ2) is 10.6. The van der Waals surface area contributed by atoms with Crippen LogP contribution in [0.4, 0.5) is 0 Å². The fourth-order valence-electron chi connectivity index (χ4n) is 1.75. The first kappa shape index (κ1) is 19.9. The first-order chi connectivity index (χ1) is 10.3. The van der Waals surface area contributed by atoms with Gasteiger partial charge in [0.05, 0.1) is 0 Å². The summed E-state index contributed by atoms with van der Waals surface area (Å²) in [6, 6.07) is -0.188. The van der Waals surface area contributed by atoms with Crippen LogP contribution in [0.1, 0.15) is 40.0 Å². The van der Waals surface area contributed by atoms with Crippen LogP contribution in [-0.4, -0.2) is 59.4 Å². The summed E-state index contributed by atoms with van der Waals surface area (Å²) < 4.78 is 0. The lowest BCUT2D eigenvalue weighted by atomic mass is 10.2. The molecule has 0 radical (unpaired) electrons. The number of hydrogen-bond acceptors (Lipinski definition) is 4. The summed E-state index contributed by atoms with van der Waals surface area (Å²) >= 11 is 0. The highest BCUT2D eigenvalue weighted by molar-refractivity contribution is 5.86. The predicted octanol–water partition coefficient (Wildman–Crippen LogP) is -0.269. The molecule has 0 aliphatic rings. The number of nitrogens with zero attached hydrogens (tertiary/aromatic N) is 1. The topological polar surface area (TPSA) is 116 Å². The van der Waals surface area contributed by atoms with Crippen molar-refractivity contribution in [2.45, 2.75) is 46.1 Å². The summed E-state index contributed by atoms with van der Waals surface area (Å²) in [5.41, 5.74) is 0.